The summed E-state index contributed by atoms with van der Waals surface area (Å²) in [6.07, 6.45) is 10.5. The van der Waals surface area contributed by atoms with Crippen molar-refractivity contribution in [1.82, 2.24) is 0 Å². The van der Waals surface area contributed by atoms with Crippen molar-refractivity contribution >= 4 is 11.9 Å². The third-order valence-corrected chi connectivity index (χ3v) is 2.85. The molecule has 5 nitrogen and oxygen atoms in total. The highest BCUT2D eigenvalue weighted by molar-refractivity contribution is 5.82. The van der Waals surface area contributed by atoms with E-state index in [1.165, 1.54) is 18.9 Å². The average Bonchev–Trinajstić information content (AvgIpc) is 2.34. The first-order valence-corrected chi connectivity index (χ1v) is 7.79. The lowest BCUT2D eigenvalue weighted by molar-refractivity contribution is -0.873. The molecule has 0 saturated heterocycles. The molecule has 0 spiro atoms. The maximum absolute atomic E-state index is 11.7. The van der Waals surface area contributed by atoms with Crippen LogP contribution in [-0.4, -0.2) is 55.3 Å². The Labute approximate surface area is 133 Å². The normalized spacial score (nSPS) is 13.6. The third kappa shape index (κ3) is 13.4. The molecule has 0 fully saturated rings. The first-order chi connectivity index (χ1) is 10.2. The second-order valence-corrected chi connectivity index (χ2v) is 6.38. The van der Waals surface area contributed by atoms with E-state index in [-0.39, 0.29) is 6.42 Å². The molecule has 0 aromatic heterocycles. The lowest BCUT2D eigenvalue weighted by Gasteiger charge is -2.28. The molecule has 0 radical (unpaired) electrons. The summed E-state index contributed by atoms with van der Waals surface area (Å²) in [7, 11) is 5.79. The molecule has 0 heterocycles. The fraction of sp³-hybridized carbons (Fsp3) is 0.647. The van der Waals surface area contributed by atoms with Gasteiger partial charge in [0.15, 0.2) is 6.10 Å². The van der Waals surface area contributed by atoms with Gasteiger partial charge in [0.05, 0.1) is 27.6 Å². The monoisotopic (exact) mass is 312 g/mol. The van der Waals surface area contributed by atoms with Crippen LogP contribution >= 0.6 is 0 Å². The van der Waals surface area contributed by atoms with Gasteiger partial charge in [-0.25, -0.2) is 4.79 Å². The summed E-state index contributed by atoms with van der Waals surface area (Å²) in [4.78, 5) is 22.6. The van der Waals surface area contributed by atoms with Crippen LogP contribution in [-0.2, 0) is 14.3 Å². The molecule has 5 heteroatoms. The molecule has 0 aromatic carbocycles. The summed E-state index contributed by atoms with van der Waals surface area (Å²) >= 11 is 0. The Kier molecular flexibility index (Phi) is 10.2. The SMILES string of the molecule is CCCC/C=C/C/C=C/C(=O)OC(CC(=O)O)C[N+](C)(C)C. The Morgan fingerprint density at radius 2 is 1.86 bits per heavy atom. The number of allylic oxidation sites excluding steroid dienone is 3. The number of nitrogens with zero attached hydrogens (tertiary/aromatic N) is 1. The predicted octanol–water partition coefficient (Wildman–Crippen LogP) is 2.77. The Bertz CT molecular complexity index is 394. The van der Waals surface area contributed by atoms with E-state index in [1.807, 2.05) is 27.2 Å². The Morgan fingerprint density at radius 1 is 1.18 bits per heavy atom. The number of carboxylic acids is 1. The second kappa shape index (κ2) is 11.0. The molecule has 0 aliphatic rings. The number of unbranched alkanes of at least 4 members (excludes halogenated alkanes) is 2. The first-order valence-electron chi connectivity index (χ1n) is 7.79. The van der Waals surface area contributed by atoms with Gasteiger partial charge < -0.3 is 14.3 Å². The van der Waals surface area contributed by atoms with Crippen molar-refractivity contribution in [3.05, 3.63) is 24.3 Å². The van der Waals surface area contributed by atoms with E-state index in [0.29, 0.717) is 17.4 Å². The molecule has 1 unspecified atom stereocenters. The fourth-order valence-corrected chi connectivity index (χ4v) is 1.93. The standard InChI is InChI=1S/C17H29NO4/c1-5-6-7-8-9-10-11-12-17(21)22-15(13-16(19)20)14-18(2,3)4/h8-9,11-12,15H,5-7,10,13-14H2,1-4H3/p+1/b9-8+,12-11+. The first kappa shape index (κ1) is 20.4. The molecule has 0 aromatic rings. The summed E-state index contributed by atoms with van der Waals surface area (Å²) in [6, 6.07) is 0. The van der Waals surface area contributed by atoms with Gasteiger partial charge in [0, 0.05) is 6.08 Å². The van der Waals surface area contributed by atoms with E-state index in [4.69, 9.17) is 9.84 Å². The van der Waals surface area contributed by atoms with Gasteiger partial charge in [-0.1, -0.05) is 38.0 Å². The molecule has 22 heavy (non-hydrogen) atoms. The van der Waals surface area contributed by atoms with Crippen molar-refractivity contribution in [2.45, 2.75) is 45.1 Å². The van der Waals surface area contributed by atoms with Crippen molar-refractivity contribution in [1.29, 1.82) is 0 Å². The molecule has 0 amide bonds. The highest BCUT2D eigenvalue weighted by Gasteiger charge is 2.23. The number of hydrogen-bond acceptors (Lipinski definition) is 3. The minimum Gasteiger partial charge on any atom is -0.481 e. The fourth-order valence-electron chi connectivity index (χ4n) is 1.93. The lowest BCUT2D eigenvalue weighted by atomic mass is 10.2. The quantitative estimate of drug-likeness (QED) is 0.209. The molecule has 0 bridgehead atoms. The van der Waals surface area contributed by atoms with Crippen molar-refractivity contribution < 1.29 is 23.9 Å². The van der Waals surface area contributed by atoms with Gasteiger partial charge in [-0.15, -0.1) is 0 Å². The summed E-state index contributed by atoms with van der Waals surface area (Å²) in [5, 5.41) is 8.89. The number of esters is 1. The number of quaternary nitrogens is 1. The summed E-state index contributed by atoms with van der Waals surface area (Å²) in [6.45, 7) is 2.61. The minimum atomic E-state index is -0.964. The summed E-state index contributed by atoms with van der Waals surface area (Å²) in [5.74, 6) is -1.45. The van der Waals surface area contributed by atoms with Gasteiger partial charge in [0.2, 0.25) is 0 Å². The smallest absolute Gasteiger partial charge is 0.330 e. The third-order valence-electron chi connectivity index (χ3n) is 2.85. The molecule has 0 aliphatic carbocycles. The number of hydrogen-bond donors (Lipinski definition) is 1. The number of rotatable bonds is 11. The van der Waals surface area contributed by atoms with Crippen LogP contribution in [0.25, 0.3) is 0 Å². The van der Waals surface area contributed by atoms with E-state index in [0.717, 1.165) is 6.42 Å². The van der Waals surface area contributed by atoms with Crippen LogP contribution in [0.15, 0.2) is 24.3 Å². The highest BCUT2D eigenvalue weighted by Crippen LogP contribution is 2.06. The summed E-state index contributed by atoms with van der Waals surface area (Å²) < 4.78 is 5.77. The zero-order chi connectivity index (χ0) is 17.0. The van der Waals surface area contributed by atoms with E-state index >= 15 is 0 Å². The Morgan fingerprint density at radius 3 is 2.41 bits per heavy atom. The average molecular weight is 312 g/mol. The largest absolute Gasteiger partial charge is 0.481 e. The van der Waals surface area contributed by atoms with Crippen molar-refractivity contribution in [3.8, 4) is 0 Å². The van der Waals surface area contributed by atoms with Gasteiger partial charge in [0.1, 0.15) is 6.54 Å². The molecular formula is C17H30NO4+. The van der Waals surface area contributed by atoms with Crippen LogP contribution in [0.5, 0.6) is 0 Å². The zero-order valence-electron chi connectivity index (χ0n) is 14.2. The van der Waals surface area contributed by atoms with Gasteiger partial charge in [-0.05, 0) is 12.8 Å². The lowest BCUT2D eigenvalue weighted by Crippen LogP contribution is -2.43. The minimum absolute atomic E-state index is 0.175. The molecule has 0 rings (SSSR count). The van der Waals surface area contributed by atoms with Crippen LogP contribution < -0.4 is 0 Å². The Hall–Kier alpha value is -1.62. The van der Waals surface area contributed by atoms with Gasteiger partial charge in [0.25, 0.3) is 0 Å². The second-order valence-electron chi connectivity index (χ2n) is 6.38. The number of carbonyl (C=O) groups excluding carboxylic acids is 1. The number of likely N-dealkylation sites (N-methyl/N-ethyl adjacent to an activating group) is 1. The maximum atomic E-state index is 11.7. The van der Waals surface area contributed by atoms with Crippen LogP contribution in [0.3, 0.4) is 0 Å². The summed E-state index contributed by atoms with van der Waals surface area (Å²) in [5.41, 5.74) is 0. The molecule has 1 atom stereocenters. The maximum Gasteiger partial charge on any atom is 0.330 e. The predicted molar refractivity (Wildman–Crippen MR) is 87.5 cm³/mol. The van der Waals surface area contributed by atoms with Gasteiger partial charge in [-0.2, -0.15) is 0 Å². The van der Waals surface area contributed by atoms with E-state index in [2.05, 4.69) is 13.0 Å². The van der Waals surface area contributed by atoms with E-state index < -0.39 is 18.0 Å². The highest BCUT2D eigenvalue weighted by atomic mass is 16.5. The Balaban J connectivity index is 4.26. The topological polar surface area (TPSA) is 63.6 Å². The zero-order valence-corrected chi connectivity index (χ0v) is 14.2. The van der Waals surface area contributed by atoms with Crippen LogP contribution in [0.1, 0.15) is 39.0 Å². The molecular weight excluding hydrogens is 282 g/mol. The van der Waals surface area contributed by atoms with Crippen molar-refractivity contribution in [2.75, 3.05) is 27.7 Å². The van der Waals surface area contributed by atoms with Crippen LogP contribution in [0.4, 0.5) is 0 Å². The number of aliphatic carboxylic acids is 1. The van der Waals surface area contributed by atoms with Crippen LogP contribution in [0, 0.1) is 0 Å². The molecule has 0 saturated carbocycles. The number of ether oxygens (including phenoxy) is 1. The molecule has 126 valence electrons. The molecule has 1 N–H and O–H groups in total. The number of carboxylic acid groups (broad SMARTS) is 1. The van der Waals surface area contributed by atoms with Crippen molar-refractivity contribution in [2.24, 2.45) is 0 Å². The van der Waals surface area contributed by atoms with Crippen LogP contribution in [0.2, 0.25) is 0 Å². The van der Waals surface area contributed by atoms with E-state index in [9.17, 15) is 9.59 Å². The van der Waals surface area contributed by atoms with Gasteiger partial charge >= 0.3 is 11.9 Å². The van der Waals surface area contributed by atoms with Crippen molar-refractivity contribution in [3.63, 3.8) is 0 Å². The van der Waals surface area contributed by atoms with E-state index in [1.54, 1.807) is 6.08 Å². The molecule has 0 aliphatic heterocycles. The number of carbonyl (C=O) groups is 2. The van der Waals surface area contributed by atoms with Gasteiger partial charge in [-0.3, -0.25) is 4.79 Å².